The lowest BCUT2D eigenvalue weighted by Gasteiger charge is -2.36. The van der Waals surface area contributed by atoms with E-state index in [4.69, 9.17) is 26.4 Å². The standard InChI is InChI=1S/C25H34BrN3O6S/c1-2-3-4-5-12-34-21-9-8-17(14-19(21)26)23(31)28-25(36)29-11-10-27-24(32)20(29)15-22(30)35-16-18-7-6-13-33-18/h8-9,14,18,20H,2-7,10-13,15-16H2,1H3,(H,27,32)(H,28,31,36). The van der Waals surface area contributed by atoms with Crippen molar-refractivity contribution in [3.05, 3.63) is 28.2 Å². The van der Waals surface area contributed by atoms with Gasteiger partial charge in [-0.2, -0.15) is 0 Å². The number of benzene rings is 1. The Hall–Kier alpha value is -2.24. The summed E-state index contributed by atoms with van der Waals surface area (Å²) in [7, 11) is 0. The average molecular weight is 585 g/mol. The molecule has 2 amide bonds. The number of hydrogen-bond donors (Lipinski definition) is 2. The number of halogens is 1. The summed E-state index contributed by atoms with van der Waals surface area (Å²) in [6.07, 6.45) is 5.96. The molecule has 1 aromatic carbocycles. The summed E-state index contributed by atoms with van der Waals surface area (Å²) in [5.74, 6) is -0.600. The Morgan fingerprint density at radius 3 is 2.86 bits per heavy atom. The molecule has 3 rings (SSSR count). The maximum atomic E-state index is 12.9. The van der Waals surface area contributed by atoms with Gasteiger partial charge in [0, 0.05) is 25.3 Å². The van der Waals surface area contributed by atoms with E-state index >= 15 is 0 Å². The van der Waals surface area contributed by atoms with E-state index in [9.17, 15) is 14.4 Å². The number of hydrogen-bond acceptors (Lipinski definition) is 7. The van der Waals surface area contributed by atoms with E-state index < -0.39 is 17.9 Å². The highest BCUT2D eigenvalue weighted by molar-refractivity contribution is 9.10. The van der Waals surface area contributed by atoms with Gasteiger partial charge in [-0.1, -0.05) is 26.2 Å². The fourth-order valence-electron chi connectivity index (χ4n) is 4.05. The summed E-state index contributed by atoms with van der Waals surface area (Å²) < 4.78 is 17.2. The first-order valence-corrected chi connectivity index (χ1v) is 13.7. The van der Waals surface area contributed by atoms with Crippen LogP contribution in [-0.2, 0) is 19.1 Å². The van der Waals surface area contributed by atoms with Crippen molar-refractivity contribution in [3.8, 4) is 5.75 Å². The third kappa shape index (κ3) is 8.41. The van der Waals surface area contributed by atoms with Gasteiger partial charge in [0.25, 0.3) is 5.91 Å². The monoisotopic (exact) mass is 583 g/mol. The van der Waals surface area contributed by atoms with E-state index in [-0.39, 0.29) is 30.2 Å². The second kappa shape index (κ2) is 14.5. The van der Waals surface area contributed by atoms with Crippen molar-refractivity contribution < 1.29 is 28.6 Å². The Bertz CT molecular complexity index is 940. The number of thiocarbonyl (C=S) groups is 1. The van der Waals surface area contributed by atoms with Gasteiger partial charge in [0.05, 0.1) is 23.6 Å². The maximum absolute atomic E-state index is 12.9. The van der Waals surface area contributed by atoms with Crippen LogP contribution in [0, 0.1) is 0 Å². The quantitative estimate of drug-likeness (QED) is 0.232. The van der Waals surface area contributed by atoms with Crippen LogP contribution in [0.15, 0.2) is 22.7 Å². The predicted octanol–water partition coefficient (Wildman–Crippen LogP) is 3.34. The largest absolute Gasteiger partial charge is 0.492 e. The maximum Gasteiger partial charge on any atom is 0.308 e. The zero-order valence-electron chi connectivity index (χ0n) is 20.6. The second-order valence-electron chi connectivity index (χ2n) is 8.84. The first-order valence-electron chi connectivity index (χ1n) is 12.5. The molecule has 2 aliphatic heterocycles. The van der Waals surface area contributed by atoms with Gasteiger partial charge >= 0.3 is 5.97 Å². The van der Waals surface area contributed by atoms with Crippen molar-refractivity contribution in [2.75, 3.05) is 32.9 Å². The number of carbonyl (C=O) groups is 3. The van der Waals surface area contributed by atoms with Crippen LogP contribution in [0.5, 0.6) is 5.75 Å². The molecule has 2 heterocycles. The average Bonchev–Trinajstić information content (AvgIpc) is 3.38. The van der Waals surface area contributed by atoms with Gasteiger partial charge in [0.2, 0.25) is 5.91 Å². The molecule has 0 aliphatic carbocycles. The Morgan fingerprint density at radius 2 is 2.14 bits per heavy atom. The Morgan fingerprint density at radius 1 is 1.31 bits per heavy atom. The number of esters is 1. The lowest BCUT2D eigenvalue weighted by molar-refractivity contribution is -0.150. The molecule has 2 aliphatic rings. The van der Waals surface area contributed by atoms with Gasteiger partial charge < -0.3 is 24.4 Å². The Balaban J connectivity index is 1.54. The van der Waals surface area contributed by atoms with Crippen molar-refractivity contribution in [2.45, 2.75) is 64.0 Å². The summed E-state index contributed by atoms with van der Waals surface area (Å²) in [4.78, 5) is 39.3. The van der Waals surface area contributed by atoms with Crippen LogP contribution in [0.2, 0.25) is 0 Å². The number of amides is 2. The van der Waals surface area contributed by atoms with E-state index in [0.29, 0.717) is 42.1 Å². The summed E-state index contributed by atoms with van der Waals surface area (Å²) in [5, 5.41) is 5.51. The van der Waals surface area contributed by atoms with Crippen molar-refractivity contribution in [1.82, 2.24) is 15.5 Å². The zero-order chi connectivity index (χ0) is 25.9. The van der Waals surface area contributed by atoms with Crippen LogP contribution >= 0.6 is 28.1 Å². The molecular formula is C25H34BrN3O6S. The summed E-state index contributed by atoms with van der Waals surface area (Å²) >= 11 is 8.90. The van der Waals surface area contributed by atoms with Gasteiger partial charge in [-0.15, -0.1) is 0 Å². The lowest BCUT2D eigenvalue weighted by atomic mass is 10.1. The van der Waals surface area contributed by atoms with Crippen LogP contribution in [0.3, 0.4) is 0 Å². The zero-order valence-corrected chi connectivity index (χ0v) is 23.0. The summed E-state index contributed by atoms with van der Waals surface area (Å²) in [5.41, 5.74) is 0.386. The van der Waals surface area contributed by atoms with Crippen molar-refractivity contribution in [2.24, 2.45) is 0 Å². The van der Waals surface area contributed by atoms with Gasteiger partial charge in [0.15, 0.2) is 5.11 Å². The number of nitrogens with zero attached hydrogens (tertiary/aromatic N) is 1. The van der Waals surface area contributed by atoms with Crippen LogP contribution in [0.4, 0.5) is 0 Å². The van der Waals surface area contributed by atoms with Crippen LogP contribution in [0.25, 0.3) is 0 Å². The molecule has 9 nitrogen and oxygen atoms in total. The molecule has 0 radical (unpaired) electrons. The molecule has 0 aromatic heterocycles. The number of piperazine rings is 1. The number of rotatable bonds is 11. The third-order valence-electron chi connectivity index (χ3n) is 6.08. The SMILES string of the molecule is CCCCCCOc1ccc(C(=O)NC(=S)N2CCNC(=O)C2CC(=O)OCC2CCCO2)cc1Br. The van der Waals surface area contributed by atoms with Crippen LogP contribution in [-0.4, -0.2) is 72.9 Å². The smallest absolute Gasteiger partial charge is 0.308 e. The molecule has 0 bridgehead atoms. The first kappa shape index (κ1) is 28.3. The Kier molecular flexibility index (Phi) is 11.4. The minimum atomic E-state index is -0.862. The van der Waals surface area contributed by atoms with Crippen LogP contribution in [0.1, 0.15) is 62.2 Å². The van der Waals surface area contributed by atoms with E-state index in [0.717, 1.165) is 32.1 Å². The molecular weight excluding hydrogens is 550 g/mol. The van der Waals surface area contributed by atoms with Crippen LogP contribution < -0.4 is 15.4 Å². The minimum Gasteiger partial charge on any atom is -0.492 e. The molecule has 36 heavy (non-hydrogen) atoms. The third-order valence-corrected chi connectivity index (χ3v) is 7.03. The summed E-state index contributed by atoms with van der Waals surface area (Å²) in [6.45, 7) is 4.33. The normalized spacial score (nSPS) is 19.5. The molecule has 2 fully saturated rings. The van der Waals surface area contributed by atoms with E-state index in [2.05, 4.69) is 33.5 Å². The van der Waals surface area contributed by atoms with E-state index in [1.54, 1.807) is 23.1 Å². The van der Waals surface area contributed by atoms with Gasteiger partial charge in [-0.3, -0.25) is 19.7 Å². The molecule has 2 unspecified atom stereocenters. The number of unbranched alkanes of at least 4 members (excludes halogenated alkanes) is 3. The molecule has 2 saturated heterocycles. The number of ether oxygens (including phenoxy) is 3. The second-order valence-corrected chi connectivity index (χ2v) is 10.1. The fraction of sp³-hybridized carbons (Fsp3) is 0.600. The van der Waals surface area contributed by atoms with Crippen molar-refractivity contribution in [1.29, 1.82) is 0 Å². The predicted molar refractivity (Wildman–Crippen MR) is 142 cm³/mol. The van der Waals surface area contributed by atoms with Crippen molar-refractivity contribution in [3.63, 3.8) is 0 Å². The molecule has 2 N–H and O–H groups in total. The molecule has 198 valence electrons. The molecule has 11 heteroatoms. The highest BCUT2D eigenvalue weighted by Crippen LogP contribution is 2.26. The highest BCUT2D eigenvalue weighted by Gasteiger charge is 2.34. The first-order chi connectivity index (χ1) is 17.4. The topological polar surface area (TPSA) is 106 Å². The van der Waals surface area contributed by atoms with Crippen molar-refractivity contribution >= 4 is 51.0 Å². The number of carbonyl (C=O) groups excluding carboxylic acids is 3. The summed E-state index contributed by atoms with van der Waals surface area (Å²) in [6, 6.07) is 4.21. The van der Waals surface area contributed by atoms with Gasteiger partial charge in [-0.05, 0) is 65.6 Å². The van der Waals surface area contributed by atoms with Gasteiger partial charge in [0.1, 0.15) is 18.4 Å². The lowest BCUT2D eigenvalue weighted by Crippen LogP contribution is -2.60. The molecule has 2 atom stereocenters. The Labute approximate surface area is 225 Å². The molecule has 0 spiro atoms. The number of nitrogens with one attached hydrogen (secondary N) is 2. The van der Waals surface area contributed by atoms with E-state index in [1.807, 2.05) is 0 Å². The minimum absolute atomic E-state index is 0.0825. The van der Waals surface area contributed by atoms with E-state index in [1.165, 1.54) is 6.42 Å². The highest BCUT2D eigenvalue weighted by atomic mass is 79.9. The fourth-order valence-corrected chi connectivity index (χ4v) is 4.85. The van der Waals surface area contributed by atoms with Gasteiger partial charge in [-0.25, -0.2) is 0 Å². The molecule has 1 aromatic rings. The molecule has 0 saturated carbocycles.